The van der Waals surface area contributed by atoms with E-state index in [0.717, 1.165) is 19.3 Å². The van der Waals surface area contributed by atoms with Crippen LogP contribution in [-0.2, 0) is 9.84 Å². The molecule has 0 unspecified atom stereocenters. The van der Waals surface area contributed by atoms with Crippen LogP contribution in [0.3, 0.4) is 0 Å². The van der Waals surface area contributed by atoms with Crippen LogP contribution in [0, 0.1) is 5.92 Å². The number of alkyl halides is 1. The quantitative estimate of drug-likeness (QED) is 0.494. The monoisotopic (exact) mass is 226 g/mol. The van der Waals surface area contributed by atoms with Crippen LogP contribution >= 0.6 is 11.6 Å². The number of halogens is 1. The van der Waals surface area contributed by atoms with E-state index < -0.39 is 9.84 Å². The van der Waals surface area contributed by atoms with E-state index in [0.29, 0.717) is 17.4 Å². The van der Waals surface area contributed by atoms with Crippen LogP contribution in [0.1, 0.15) is 33.1 Å². The van der Waals surface area contributed by atoms with E-state index >= 15 is 0 Å². The second-order valence-corrected chi connectivity index (χ2v) is 6.36. The van der Waals surface area contributed by atoms with Crippen LogP contribution < -0.4 is 0 Å². The largest absolute Gasteiger partial charge is 0.229 e. The first-order valence-corrected chi connectivity index (χ1v) is 7.10. The molecule has 2 nitrogen and oxygen atoms in total. The maximum atomic E-state index is 11.4. The van der Waals surface area contributed by atoms with E-state index in [2.05, 4.69) is 0 Å². The first-order valence-electron chi connectivity index (χ1n) is 4.74. The van der Waals surface area contributed by atoms with Gasteiger partial charge in [-0.15, -0.1) is 11.6 Å². The Morgan fingerprint density at radius 1 is 1.15 bits per heavy atom. The van der Waals surface area contributed by atoms with E-state index in [1.54, 1.807) is 0 Å². The molecule has 0 N–H and O–H groups in total. The molecule has 0 heterocycles. The zero-order valence-electron chi connectivity index (χ0n) is 8.42. The van der Waals surface area contributed by atoms with Gasteiger partial charge in [-0.05, 0) is 18.8 Å². The predicted molar refractivity (Wildman–Crippen MR) is 58.1 cm³/mol. The normalized spacial score (nSPS) is 12.3. The number of hydrogen-bond acceptors (Lipinski definition) is 2. The third-order valence-electron chi connectivity index (χ3n) is 1.68. The van der Waals surface area contributed by atoms with Crippen LogP contribution in [0.25, 0.3) is 0 Å². The van der Waals surface area contributed by atoms with Gasteiger partial charge in [0.25, 0.3) is 0 Å². The van der Waals surface area contributed by atoms with E-state index in [9.17, 15) is 8.42 Å². The van der Waals surface area contributed by atoms with Crippen molar-refractivity contribution in [3.05, 3.63) is 0 Å². The van der Waals surface area contributed by atoms with Gasteiger partial charge in [-0.3, -0.25) is 0 Å². The molecule has 0 radical (unpaired) electrons. The molecule has 0 aromatic heterocycles. The van der Waals surface area contributed by atoms with Gasteiger partial charge in [0, 0.05) is 5.88 Å². The van der Waals surface area contributed by atoms with Crippen molar-refractivity contribution in [1.82, 2.24) is 0 Å². The minimum absolute atomic E-state index is 0.234. The lowest BCUT2D eigenvalue weighted by Gasteiger charge is -2.05. The average molecular weight is 227 g/mol. The van der Waals surface area contributed by atoms with Crippen molar-refractivity contribution in [2.24, 2.45) is 5.92 Å². The highest BCUT2D eigenvalue weighted by molar-refractivity contribution is 7.91. The molecular weight excluding hydrogens is 208 g/mol. The third-order valence-corrected chi connectivity index (χ3v) is 4.03. The number of hydrogen-bond donors (Lipinski definition) is 0. The molecule has 0 saturated carbocycles. The lowest BCUT2D eigenvalue weighted by Crippen LogP contribution is -2.15. The van der Waals surface area contributed by atoms with E-state index in [1.165, 1.54) is 0 Å². The molecule has 0 aromatic rings. The first-order chi connectivity index (χ1) is 5.98. The van der Waals surface area contributed by atoms with E-state index in [-0.39, 0.29) is 5.92 Å². The third kappa shape index (κ3) is 8.57. The predicted octanol–water partition coefficient (Wildman–Crippen LogP) is 2.47. The maximum Gasteiger partial charge on any atom is 0.150 e. The maximum absolute atomic E-state index is 11.4. The summed E-state index contributed by atoms with van der Waals surface area (Å²) in [5.74, 6) is 1.50. The number of rotatable bonds is 7. The van der Waals surface area contributed by atoms with Crippen molar-refractivity contribution in [1.29, 1.82) is 0 Å². The molecule has 0 aliphatic rings. The molecule has 0 saturated heterocycles. The molecule has 0 atom stereocenters. The van der Waals surface area contributed by atoms with Crippen molar-refractivity contribution in [3.63, 3.8) is 0 Å². The van der Waals surface area contributed by atoms with Crippen molar-refractivity contribution in [2.75, 3.05) is 17.4 Å². The van der Waals surface area contributed by atoms with Gasteiger partial charge in [-0.25, -0.2) is 8.42 Å². The molecule has 80 valence electrons. The minimum Gasteiger partial charge on any atom is -0.229 e. The highest BCUT2D eigenvalue weighted by Gasteiger charge is 2.11. The lowest BCUT2D eigenvalue weighted by atomic mass is 10.3. The Hall–Kier alpha value is 0.240. The van der Waals surface area contributed by atoms with Gasteiger partial charge in [-0.2, -0.15) is 0 Å². The molecular formula is C9H19ClO2S. The summed E-state index contributed by atoms with van der Waals surface area (Å²) in [6.07, 6.45) is 2.58. The van der Waals surface area contributed by atoms with Gasteiger partial charge < -0.3 is 0 Å². The fraction of sp³-hybridized carbons (Fsp3) is 1.00. The highest BCUT2D eigenvalue weighted by Crippen LogP contribution is 2.05. The summed E-state index contributed by atoms with van der Waals surface area (Å²) in [6.45, 7) is 3.85. The van der Waals surface area contributed by atoms with Gasteiger partial charge in [0.2, 0.25) is 0 Å². The van der Waals surface area contributed by atoms with Crippen LogP contribution in [-0.4, -0.2) is 25.8 Å². The summed E-state index contributed by atoms with van der Waals surface area (Å²) < 4.78 is 22.7. The van der Waals surface area contributed by atoms with Crippen LogP contribution in [0.5, 0.6) is 0 Å². The second-order valence-electron chi connectivity index (χ2n) is 3.76. The first kappa shape index (κ1) is 13.2. The SMILES string of the molecule is CC(C)CS(=O)(=O)CCCCCCl. The summed E-state index contributed by atoms with van der Waals surface area (Å²) in [4.78, 5) is 0. The summed E-state index contributed by atoms with van der Waals surface area (Å²) in [5.41, 5.74) is 0. The van der Waals surface area contributed by atoms with E-state index in [1.807, 2.05) is 13.8 Å². The molecule has 0 aromatic carbocycles. The molecule has 0 spiro atoms. The van der Waals surface area contributed by atoms with Gasteiger partial charge >= 0.3 is 0 Å². The Morgan fingerprint density at radius 3 is 2.23 bits per heavy atom. The van der Waals surface area contributed by atoms with Crippen molar-refractivity contribution in [3.8, 4) is 0 Å². The Labute approximate surface area is 86.6 Å². The van der Waals surface area contributed by atoms with E-state index in [4.69, 9.17) is 11.6 Å². The summed E-state index contributed by atoms with van der Waals surface area (Å²) in [6, 6.07) is 0. The number of unbranched alkanes of at least 4 members (excludes halogenated alkanes) is 2. The van der Waals surface area contributed by atoms with Crippen molar-refractivity contribution in [2.45, 2.75) is 33.1 Å². The van der Waals surface area contributed by atoms with Crippen LogP contribution in [0.15, 0.2) is 0 Å². The minimum atomic E-state index is -2.80. The average Bonchev–Trinajstić information content (AvgIpc) is 1.95. The van der Waals surface area contributed by atoms with Gasteiger partial charge in [0.1, 0.15) is 0 Å². The zero-order valence-corrected chi connectivity index (χ0v) is 10.00. The molecule has 0 bridgehead atoms. The smallest absolute Gasteiger partial charge is 0.150 e. The molecule has 0 fully saturated rings. The summed E-state index contributed by atoms with van der Waals surface area (Å²) in [5, 5.41) is 0. The molecule has 0 aliphatic heterocycles. The standard InChI is InChI=1S/C9H19ClO2S/c1-9(2)8-13(11,12)7-5-3-4-6-10/h9H,3-8H2,1-2H3. The molecule has 0 amide bonds. The summed E-state index contributed by atoms with van der Waals surface area (Å²) >= 11 is 5.49. The zero-order chi connectivity index (χ0) is 10.3. The summed E-state index contributed by atoms with van der Waals surface area (Å²) in [7, 11) is -2.80. The Bertz CT molecular complexity index is 210. The Morgan fingerprint density at radius 2 is 1.77 bits per heavy atom. The van der Waals surface area contributed by atoms with Crippen LogP contribution in [0.2, 0.25) is 0 Å². The van der Waals surface area contributed by atoms with Crippen molar-refractivity contribution < 1.29 is 8.42 Å². The fourth-order valence-corrected chi connectivity index (χ4v) is 3.20. The highest BCUT2D eigenvalue weighted by atomic mass is 35.5. The Kier molecular flexibility index (Phi) is 6.78. The second kappa shape index (κ2) is 6.66. The number of sulfone groups is 1. The topological polar surface area (TPSA) is 34.1 Å². The van der Waals surface area contributed by atoms with Crippen LogP contribution in [0.4, 0.5) is 0 Å². The van der Waals surface area contributed by atoms with Gasteiger partial charge in [0.05, 0.1) is 11.5 Å². The molecule has 13 heavy (non-hydrogen) atoms. The Balaban J connectivity index is 3.64. The fourth-order valence-electron chi connectivity index (χ4n) is 1.18. The lowest BCUT2D eigenvalue weighted by molar-refractivity contribution is 0.578. The van der Waals surface area contributed by atoms with Crippen molar-refractivity contribution >= 4 is 21.4 Å². The van der Waals surface area contributed by atoms with Gasteiger partial charge in [-0.1, -0.05) is 20.3 Å². The molecule has 0 aliphatic carbocycles. The molecule has 4 heteroatoms. The van der Waals surface area contributed by atoms with Gasteiger partial charge in [0.15, 0.2) is 9.84 Å². The molecule has 0 rings (SSSR count).